The Balaban J connectivity index is 2.35. The van der Waals surface area contributed by atoms with Crippen LogP contribution in [0.1, 0.15) is 23.1 Å². The molecule has 0 bridgehead atoms. The molecule has 2 rings (SSSR count). The minimum absolute atomic E-state index is 0.0517. The van der Waals surface area contributed by atoms with E-state index in [4.69, 9.17) is 5.26 Å². The molecule has 0 saturated carbocycles. The number of amides is 1. The highest BCUT2D eigenvalue weighted by atomic mass is 19.4. The van der Waals surface area contributed by atoms with Gasteiger partial charge in [-0.2, -0.15) is 18.4 Å². The number of rotatable bonds is 5. The molecule has 0 saturated heterocycles. The van der Waals surface area contributed by atoms with E-state index in [1.165, 1.54) is 4.90 Å². The van der Waals surface area contributed by atoms with Crippen LogP contribution in [0.15, 0.2) is 41.3 Å². The van der Waals surface area contributed by atoms with Crippen molar-refractivity contribution in [2.24, 2.45) is 0 Å². The standard InChI is InChI=1S/C19H18F3N3O2/c1-13-4-6-16(10-14(13)2)25(9-3-8-23)18(27)12-24-11-15(19(20,21)22)5-7-17(24)26/h4-7,10-11H,3,9,12H2,1-2H3. The van der Waals surface area contributed by atoms with Crippen molar-refractivity contribution in [1.82, 2.24) is 4.57 Å². The molecule has 0 spiro atoms. The number of anilines is 1. The van der Waals surface area contributed by atoms with Crippen molar-refractivity contribution in [3.8, 4) is 6.07 Å². The Morgan fingerprint density at radius 2 is 1.89 bits per heavy atom. The van der Waals surface area contributed by atoms with Crippen molar-refractivity contribution in [2.45, 2.75) is 33.0 Å². The number of carbonyl (C=O) groups is 1. The van der Waals surface area contributed by atoms with Crippen molar-refractivity contribution in [3.05, 3.63) is 63.6 Å². The van der Waals surface area contributed by atoms with Gasteiger partial charge in [-0.05, 0) is 43.2 Å². The van der Waals surface area contributed by atoms with Crippen molar-refractivity contribution in [1.29, 1.82) is 5.26 Å². The lowest BCUT2D eigenvalue weighted by Gasteiger charge is -2.23. The number of halogens is 3. The third kappa shape index (κ3) is 4.97. The largest absolute Gasteiger partial charge is 0.417 e. The fraction of sp³-hybridized carbons (Fsp3) is 0.316. The van der Waals surface area contributed by atoms with Crippen molar-refractivity contribution in [3.63, 3.8) is 0 Å². The van der Waals surface area contributed by atoms with Gasteiger partial charge in [0.2, 0.25) is 5.91 Å². The van der Waals surface area contributed by atoms with Gasteiger partial charge in [0, 0.05) is 24.5 Å². The van der Waals surface area contributed by atoms with E-state index >= 15 is 0 Å². The maximum absolute atomic E-state index is 12.9. The lowest BCUT2D eigenvalue weighted by Crippen LogP contribution is -2.37. The van der Waals surface area contributed by atoms with Crippen molar-refractivity contribution in [2.75, 3.05) is 11.4 Å². The van der Waals surface area contributed by atoms with Crippen LogP contribution in [-0.4, -0.2) is 17.0 Å². The Morgan fingerprint density at radius 3 is 2.48 bits per heavy atom. The molecule has 0 aliphatic carbocycles. The summed E-state index contributed by atoms with van der Waals surface area (Å²) < 4.78 is 39.3. The number of nitrogens with zero attached hydrogens (tertiary/aromatic N) is 3. The zero-order valence-electron chi connectivity index (χ0n) is 14.9. The van der Waals surface area contributed by atoms with E-state index in [0.29, 0.717) is 18.0 Å². The van der Waals surface area contributed by atoms with Gasteiger partial charge in [0.25, 0.3) is 5.56 Å². The number of alkyl halides is 3. The normalized spacial score (nSPS) is 11.1. The van der Waals surface area contributed by atoms with E-state index < -0.39 is 29.8 Å². The number of aryl methyl sites for hydroxylation is 2. The van der Waals surface area contributed by atoms with Gasteiger partial charge in [0.15, 0.2) is 0 Å². The molecule has 142 valence electrons. The molecule has 1 aromatic heterocycles. The predicted octanol–water partition coefficient (Wildman–Crippen LogP) is 3.43. The predicted molar refractivity (Wildman–Crippen MR) is 94.2 cm³/mol. The molecule has 2 aromatic rings. The van der Waals surface area contributed by atoms with Crippen molar-refractivity contribution < 1.29 is 18.0 Å². The molecule has 1 amide bonds. The first-order chi connectivity index (χ1) is 12.6. The Labute approximate surface area is 154 Å². The van der Waals surface area contributed by atoms with Crippen LogP contribution < -0.4 is 10.5 Å². The van der Waals surface area contributed by atoms with Gasteiger partial charge in [-0.15, -0.1) is 0 Å². The highest BCUT2D eigenvalue weighted by molar-refractivity contribution is 5.93. The number of nitriles is 1. The lowest BCUT2D eigenvalue weighted by molar-refractivity contribution is -0.138. The number of hydrogen-bond acceptors (Lipinski definition) is 3. The Bertz CT molecular complexity index is 942. The average molecular weight is 377 g/mol. The van der Waals surface area contributed by atoms with E-state index in [-0.39, 0.29) is 13.0 Å². The topological polar surface area (TPSA) is 66.1 Å². The molecule has 0 N–H and O–H groups in total. The van der Waals surface area contributed by atoms with Gasteiger partial charge in [-0.25, -0.2) is 0 Å². The van der Waals surface area contributed by atoms with E-state index in [1.54, 1.807) is 12.1 Å². The summed E-state index contributed by atoms with van der Waals surface area (Å²) in [6, 6.07) is 8.68. The third-order valence-corrected chi connectivity index (χ3v) is 4.17. The fourth-order valence-corrected chi connectivity index (χ4v) is 2.51. The van der Waals surface area contributed by atoms with Gasteiger partial charge in [0.1, 0.15) is 6.54 Å². The zero-order valence-corrected chi connectivity index (χ0v) is 14.9. The number of carbonyl (C=O) groups excluding carboxylic acids is 1. The summed E-state index contributed by atoms with van der Waals surface area (Å²) in [6.45, 7) is 3.29. The van der Waals surface area contributed by atoms with Crippen LogP contribution in [0, 0.1) is 25.2 Å². The van der Waals surface area contributed by atoms with Crippen LogP contribution in [-0.2, 0) is 17.5 Å². The second-order valence-corrected chi connectivity index (χ2v) is 6.10. The number of pyridine rings is 1. The highest BCUT2D eigenvalue weighted by Crippen LogP contribution is 2.28. The fourth-order valence-electron chi connectivity index (χ4n) is 2.51. The van der Waals surface area contributed by atoms with E-state index in [0.717, 1.165) is 21.8 Å². The molecule has 8 heteroatoms. The lowest BCUT2D eigenvalue weighted by atomic mass is 10.1. The summed E-state index contributed by atoms with van der Waals surface area (Å²) >= 11 is 0. The van der Waals surface area contributed by atoms with Gasteiger partial charge in [0.05, 0.1) is 18.1 Å². The van der Waals surface area contributed by atoms with Gasteiger partial charge < -0.3 is 9.47 Å². The summed E-state index contributed by atoms with van der Waals surface area (Å²) in [4.78, 5) is 25.9. The molecule has 0 aliphatic heterocycles. The summed E-state index contributed by atoms with van der Waals surface area (Å²) in [5, 5.41) is 8.83. The Morgan fingerprint density at radius 1 is 1.19 bits per heavy atom. The van der Waals surface area contributed by atoms with E-state index in [2.05, 4.69) is 0 Å². The molecule has 5 nitrogen and oxygen atoms in total. The van der Waals surface area contributed by atoms with Crippen LogP contribution in [0.2, 0.25) is 0 Å². The first-order valence-corrected chi connectivity index (χ1v) is 8.15. The molecule has 27 heavy (non-hydrogen) atoms. The smallest absolute Gasteiger partial charge is 0.310 e. The molecule has 0 unspecified atom stereocenters. The first kappa shape index (κ1) is 20.2. The highest BCUT2D eigenvalue weighted by Gasteiger charge is 2.31. The molecular weight excluding hydrogens is 359 g/mol. The van der Waals surface area contributed by atoms with Gasteiger partial charge >= 0.3 is 6.18 Å². The zero-order chi connectivity index (χ0) is 20.2. The van der Waals surface area contributed by atoms with Gasteiger partial charge in [-0.1, -0.05) is 6.07 Å². The van der Waals surface area contributed by atoms with E-state index in [9.17, 15) is 22.8 Å². The van der Waals surface area contributed by atoms with Crippen LogP contribution in [0.4, 0.5) is 18.9 Å². The summed E-state index contributed by atoms with van der Waals surface area (Å²) in [5.74, 6) is -0.574. The first-order valence-electron chi connectivity index (χ1n) is 8.15. The molecule has 0 aliphatic rings. The molecule has 0 radical (unpaired) electrons. The summed E-state index contributed by atoms with van der Waals surface area (Å²) in [6.07, 6.45) is -3.94. The van der Waals surface area contributed by atoms with Crippen LogP contribution in [0.25, 0.3) is 0 Å². The molecular formula is C19H18F3N3O2. The second-order valence-electron chi connectivity index (χ2n) is 6.10. The molecule has 0 fully saturated rings. The molecule has 1 aromatic carbocycles. The number of hydrogen-bond donors (Lipinski definition) is 0. The quantitative estimate of drug-likeness (QED) is 0.802. The second kappa shape index (κ2) is 8.08. The third-order valence-electron chi connectivity index (χ3n) is 4.17. The Kier molecular flexibility index (Phi) is 6.05. The Hall–Kier alpha value is -3.08. The maximum Gasteiger partial charge on any atom is 0.417 e. The average Bonchev–Trinajstić information content (AvgIpc) is 2.59. The number of benzene rings is 1. The van der Waals surface area contributed by atoms with Crippen LogP contribution in [0.3, 0.4) is 0 Å². The minimum atomic E-state index is -4.62. The minimum Gasteiger partial charge on any atom is -0.310 e. The monoisotopic (exact) mass is 377 g/mol. The summed E-state index contributed by atoms with van der Waals surface area (Å²) in [7, 11) is 0. The SMILES string of the molecule is Cc1ccc(N(CCC#N)C(=O)Cn2cc(C(F)(F)F)ccc2=O)cc1C. The maximum atomic E-state index is 12.9. The van der Waals surface area contributed by atoms with Crippen LogP contribution >= 0.6 is 0 Å². The molecule has 0 atom stereocenters. The van der Waals surface area contributed by atoms with Crippen LogP contribution in [0.5, 0.6) is 0 Å². The number of aromatic nitrogens is 1. The summed E-state index contributed by atoms with van der Waals surface area (Å²) in [5.41, 5.74) is 0.749. The van der Waals surface area contributed by atoms with E-state index in [1.807, 2.05) is 26.0 Å². The van der Waals surface area contributed by atoms with Crippen molar-refractivity contribution >= 4 is 11.6 Å². The van der Waals surface area contributed by atoms with Gasteiger partial charge in [-0.3, -0.25) is 9.59 Å². The molecule has 1 heterocycles.